The van der Waals surface area contributed by atoms with Gasteiger partial charge in [0.25, 0.3) is 0 Å². The maximum atomic E-state index is 15.9. The van der Waals surface area contributed by atoms with Crippen molar-refractivity contribution in [2.24, 2.45) is 50.2 Å². The highest BCUT2D eigenvalue weighted by Gasteiger charge is 2.72. The van der Waals surface area contributed by atoms with Gasteiger partial charge in [-0.25, -0.2) is 4.79 Å². The van der Waals surface area contributed by atoms with Crippen molar-refractivity contribution in [2.45, 2.75) is 329 Å². The number of carboxylic acids is 1. The van der Waals surface area contributed by atoms with Crippen molar-refractivity contribution in [3.63, 3.8) is 0 Å². The molecule has 7 saturated heterocycles. The Morgan fingerprint density at radius 3 is 1.64 bits per heavy atom. The fourth-order valence-corrected chi connectivity index (χ4v) is 20.2. The average Bonchev–Trinajstić information content (AvgIpc) is 0.673. The first-order valence-electron chi connectivity index (χ1n) is 37.2. The minimum atomic E-state index is -2.21. The van der Waals surface area contributed by atoms with Crippen LogP contribution in [0.2, 0.25) is 0 Å². The zero-order chi connectivity index (χ0) is 78.0. The molecule has 0 aromatic carbocycles. The van der Waals surface area contributed by atoms with E-state index < -0.39 is 286 Å². The summed E-state index contributed by atoms with van der Waals surface area (Å²) in [6.45, 7) is 14.2. The van der Waals surface area contributed by atoms with Gasteiger partial charge in [0.15, 0.2) is 56.1 Å². The Kier molecular flexibility index (Phi) is 24.4. The maximum absolute atomic E-state index is 15.9. The Labute approximate surface area is 616 Å². The molecule has 0 aromatic rings. The molecule has 11 fully saturated rings. The highest BCUT2D eigenvalue weighted by Crippen LogP contribution is 2.76. The van der Waals surface area contributed by atoms with Crippen LogP contribution in [0.3, 0.4) is 0 Å². The maximum Gasteiger partial charge on any atom is 0.335 e. The molecule has 12 rings (SSSR count). The molecule has 12 aliphatic rings. The summed E-state index contributed by atoms with van der Waals surface area (Å²) in [5.41, 5.74) is -3.56. The number of fused-ring (bicyclic) bond motifs is 7. The van der Waals surface area contributed by atoms with E-state index in [9.17, 15) is 101 Å². The van der Waals surface area contributed by atoms with Crippen molar-refractivity contribution in [3.05, 3.63) is 11.6 Å². The number of aldehydes is 1. The van der Waals surface area contributed by atoms with Crippen molar-refractivity contribution >= 4 is 24.2 Å². The Balaban J connectivity index is 0.784. The molecule has 0 spiro atoms. The normalized spacial score (nSPS) is 53.5. The van der Waals surface area contributed by atoms with Crippen molar-refractivity contribution < 1.29 is 177 Å². The Morgan fingerprint density at radius 2 is 1.04 bits per heavy atom. The first-order valence-corrected chi connectivity index (χ1v) is 37.2. The number of carbonyl (C=O) groups is 4. The van der Waals surface area contributed by atoms with Crippen molar-refractivity contribution in [2.75, 3.05) is 26.4 Å². The topological polar surface area (TPSA) is 551 Å². The summed E-state index contributed by atoms with van der Waals surface area (Å²) in [6.07, 6.45) is -50.2. The van der Waals surface area contributed by atoms with E-state index in [-0.39, 0.29) is 17.8 Å². The van der Waals surface area contributed by atoms with Gasteiger partial charge in [-0.1, -0.05) is 53.2 Å². The predicted molar refractivity (Wildman–Crippen MR) is 350 cm³/mol. The fourth-order valence-electron chi connectivity index (χ4n) is 20.2. The van der Waals surface area contributed by atoms with Gasteiger partial charge in [0.2, 0.25) is 6.29 Å². The van der Waals surface area contributed by atoms with E-state index >= 15 is 4.79 Å². The van der Waals surface area contributed by atoms with E-state index in [2.05, 4.69) is 40.7 Å². The molecule has 0 aromatic heterocycles. The van der Waals surface area contributed by atoms with Crippen LogP contribution in [0.15, 0.2) is 11.6 Å². The highest BCUT2D eigenvalue weighted by atomic mass is 16.8. The van der Waals surface area contributed by atoms with Crippen LogP contribution in [0.25, 0.3) is 0 Å². The van der Waals surface area contributed by atoms with Crippen LogP contribution >= 0.6 is 0 Å². The Morgan fingerprint density at radius 1 is 0.495 bits per heavy atom. The van der Waals surface area contributed by atoms with Crippen molar-refractivity contribution in [3.8, 4) is 0 Å². The summed E-state index contributed by atoms with van der Waals surface area (Å²) < 4.78 is 90.0. The molecule has 107 heavy (non-hydrogen) atoms. The molecule has 17 N–H and O–H groups in total. The van der Waals surface area contributed by atoms with Gasteiger partial charge in [-0.3, -0.25) is 9.59 Å². The van der Waals surface area contributed by atoms with Gasteiger partial charge in [0.1, 0.15) is 128 Å². The van der Waals surface area contributed by atoms with Crippen molar-refractivity contribution in [1.29, 1.82) is 0 Å². The molecule has 4 saturated carbocycles. The molecule has 7 aliphatic heterocycles. The zero-order valence-electron chi connectivity index (χ0n) is 61.2. The summed E-state index contributed by atoms with van der Waals surface area (Å²) in [7, 11) is 0. The number of ether oxygens (including phenoxy) is 15. The van der Waals surface area contributed by atoms with E-state index in [1.807, 2.05) is 0 Å². The van der Waals surface area contributed by atoms with E-state index in [1.54, 1.807) is 6.92 Å². The second kappa shape index (κ2) is 31.5. The number of allylic oxidation sites excluding steroid dienone is 2. The molecule has 36 nitrogen and oxygen atoms in total. The third kappa shape index (κ3) is 14.7. The molecular weight excluding hydrogens is 1430 g/mol. The first-order chi connectivity index (χ1) is 50.2. The van der Waals surface area contributed by atoms with E-state index in [1.165, 1.54) is 13.8 Å². The smallest absolute Gasteiger partial charge is 0.335 e. The molecule has 0 bridgehead atoms. The van der Waals surface area contributed by atoms with Crippen LogP contribution in [0.4, 0.5) is 0 Å². The number of hydrogen-bond donors (Lipinski definition) is 17. The number of hydrogen-bond acceptors (Lipinski definition) is 35. The molecule has 5 aliphatic carbocycles. The number of aliphatic hydroxyl groups excluding tert-OH is 16. The third-order valence-corrected chi connectivity index (χ3v) is 26.7. The lowest BCUT2D eigenvalue weighted by molar-refractivity contribution is -0.391. The largest absolute Gasteiger partial charge is 0.479 e. The van der Waals surface area contributed by atoms with E-state index in [0.29, 0.717) is 57.8 Å². The van der Waals surface area contributed by atoms with Crippen LogP contribution < -0.4 is 0 Å². The number of aliphatic hydroxyl groups is 16. The number of carboxylic acid groups (broad SMARTS) is 1. The number of esters is 2. The van der Waals surface area contributed by atoms with E-state index in [0.717, 1.165) is 18.8 Å². The van der Waals surface area contributed by atoms with Gasteiger partial charge < -0.3 is 163 Å². The van der Waals surface area contributed by atoms with Gasteiger partial charge in [0, 0.05) is 6.92 Å². The summed E-state index contributed by atoms with van der Waals surface area (Å²) in [5, 5.41) is 185. The molecule has 0 unspecified atom stereocenters. The van der Waals surface area contributed by atoms with Crippen LogP contribution in [-0.4, -0.2) is 340 Å². The van der Waals surface area contributed by atoms with Gasteiger partial charge in [0.05, 0.1) is 55.6 Å². The molecule has 7 heterocycles. The minimum absolute atomic E-state index is 0.119. The van der Waals surface area contributed by atoms with Crippen molar-refractivity contribution in [1.82, 2.24) is 0 Å². The molecule has 41 atom stereocenters. The second-order valence-electron chi connectivity index (χ2n) is 33.6. The lowest BCUT2D eigenvalue weighted by Gasteiger charge is -2.71. The van der Waals surface area contributed by atoms with Gasteiger partial charge >= 0.3 is 17.9 Å². The van der Waals surface area contributed by atoms with Crippen LogP contribution in [0, 0.1) is 50.2 Å². The second-order valence-corrected chi connectivity index (χ2v) is 33.6. The summed E-state index contributed by atoms with van der Waals surface area (Å²) in [4.78, 5) is 56.1. The van der Waals surface area contributed by atoms with Crippen LogP contribution in [0.5, 0.6) is 0 Å². The van der Waals surface area contributed by atoms with Gasteiger partial charge in [-0.2, -0.15) is 0 Å². The molecule has 0 radical (unpaired) electrons. The van der Waals surface area contributed by atoms with Crippen LogP contribution in [-0.2, 0) is 90.2 Å². The predicted octanol–water partition coefficient (Wildman–Crippen LogP) is -4.75. The average molecular weight is 1540 g/mol. The fraction of sp³-hybridized carbons (Fsp3) is 0.915. The lowest BCUT2D eigenvalue weighted by Crippen LogP contribution is -2.69. The Bertz CT molecular complexity index is 3170. The quantitative estimate of drug-likeness (QED) is 0.0265. The number of carbonyl (C=O) groups excluding carboxylic acids is 3. The highest BCUT2D eigenvalue weighted by molar-refractivity contribution is 5.79. The summed E-state index contributed by atoms with van der Waals surface area (Å²) in [6, 6.07) is 0. The lowest BCUT2D eigenvalue weighted by atomic mass is 9.33. The Hall–Kier alpha value is -3.34. The minimum Gasteiger partial charge on any atom is -0.479 e. The van der Waals surface area contributed by atoms with E-state index in [4.69, 9.17) is 71.1 Å². The molecule has 0 amide bonds. The number of aliphatic carboxylic acids is 1. The zero-order valence-corrected chi connectivity index (χ0v) is 61.2. The summed E-state index contributed by atoms with van der Waals surface area (Å²) >= 11 is 0. The van der Waals surface area contributed by atoms with Gasteiger partial charge in [-0.05, 0) is 117 Å². The monoisotopic (exact) mass is 1540 g/mol. The molecular formula is C71H110O36. The SMILES string of the molecule is CC(=O)O[C@H]1[C@@H](O)[C@@H](C)O[C@@H](OC(=O)[C@]23CCC(C)(C)C[C@H]2C2=CC[C@@H]4[C@@]5(C)CC[C@H](O[C@@H]6O[C@H](C(=O)O)[C@@H](O)[C@H](O[C@@H]7OC[C@@H](O)[C@H](O)[C@H]7O)[C@H]6O[C@@H]6O[C@H](CO)[C@H](O)[C@H](O)[C@H]6O)[C@@](C)(C=O)[C@@H]5CC[C@@]4(C)[C@]2(C)CC3)[C@@H]1O[C@@H]1O[C@@H](C)[C@H](O[C@@H]2OC[C@@H](O)[C@H](O[C@@H]3OC[C@@H](O)[C@H](O)[C@H]3O)[C@H]2O)[C@@H](O)[C@H]1O. The first kappa shape index (κ1) is 83.1. The third-order valence-electron chi connectivity index (χ3n) is 26.7. The summed E-state index contributed by atoms with van der Waals surface area (Å²) in [5.74, 6) is -4.25. The molecule has 610 valence electrons. The van der Waals surface area contributed by atoms with Crippen LogP contribution in [0.1, 0.15) is 127 Å². The van der Waals surface area contributed by atoms with Gasteiger partial charge in [-0.15, -0.1) is 0 Å². The molecule has 36 heteroatoms. The number of rotatable bonds is 18. The standard InChI is InChI=1S/C71H110O36/c1-26-38(78)52(98-28(3)74)55(105-61-47(87)43(83)50(27(2)97-61)101-60-49(89)51(33(77)24-95-60)102-58-44(84)39(79)31(75)22-93-58)63(96-26)107-65(92)71-18-16-66(4,5)20-30(71)29-10-11-36-67(6)14-13-37(68(7,25-73)35(67)12-15-70(36,9)69(29,8)17-19-71)100-64-56(106-62-46(86)42(82)41(81)34(21-72)99-62)53(48(88)54(104-64)57(90)91)103-59-45(85)40(80)32(76)23-94-59/h10,25-27,30-56,58-64,72,75-89H,11-24H2,1-9H3,(H,90,91)/t26-,27+,30+,31-,32-,33-,34-,35-,36-,37+,38+,39+,40+,41+,42+,43+,44-,45-,46-,47-,48+,49-,50+,51+,52+,53+,54+,55-,56-,58+,59+,60+,61+,62+,63+,64-,67+,68+,69-,70-,71+/m1/s1.